The molecule has 4 aliphatic carbocycles. The first-order valence-corrected chi connectivity index (χ1v) is 9.79. The summed E-state index contributed by atoms with van der Waals surface area (Å²) < 4.78 is 10.8. The van der Waals surface area contributed by atoms with Crippen LogP contribution in [-0.2, 0) is 11.2 Å². The molecule has 134 valence electrons. The maximum absolute atomic E-state index is 13.1. The fraction of sp³-hybridized carbons (Fsp3) is 0.667. The van der Waals surface area contributed by atoms with E-state index in [9.17, 15) is 4.79 Å². The summed E-state index contributed by atoms with van der Waals surface area (Å²) in [5, 5.41) is 3.34. The van der Waals surface area contributed by atoms with Crippen LogP contribution < -0.4 is 14.8 Å². The van der Waals surface area contributed by atoms with Crippen molar-refractivity contribution in [1.82, 2.24) is 5.32 Å². The molecule has 4 heteroatoms. The Bertz CT molecular complexity index is 663. The van der Waals surface area contributed by atoms with Crippen molar-refractivity contribution in [3.63, 3.8) is 0 Å². The van der Waals surface area contributed by atoms with Gasteiger partial charge in [0, 0.05) is 11.5 Å². The van der Waals surface area contributed by atoms with Gasteiger partial charge in [-0.2, -0.15) is 0 Å². The lowest BCUT2D eigenvalue weighted by atomic mass is 9.49. The van der Waals surface area contributed by atoms with Crippen LogP contribution in [0.4, 0.5) is 0 Å². The second kappa shape index (κ2) is 5.65. The van der Waals surface area contributed by atoms with Crippen LogP contribution in [0.3, 0.4) is 0 Å². The zero-order chi connectivity index (χ0) is 17.0. The molecule has 1 amide bonds. The molecule has 6 rings (SSSR count). The lowest BCUT2D eigenvalue weighted by molar-refractivity contribution is -0.146. The third-order valence-electron chi connectivity index (χ3n) is 6.88. The van der Waals surface area contributed by atoms with Gasteiger partial charge < -0.3 is 14.8 Å². The van der Waals surface area contributed by atoms with E-state index in [0.29, 0.717) is 12.7 Å². The molecule has 1 aromatic rings. The first-order chi connectivity index (χ1) is 12.1. The van der Waals surface area contributed by atoms with Crippen molar-refractivity contribution in [1.29, 1.82) is 0 Å². The van der Waals surface area contributed by atoms with Gasteiger partial charge >= 0.3 is 0 Å². The Labute approximate surface area is 149 Å². The van der Waals surface area contributed by atoms with Crippen LogP contribution in [0.5, 0.6) is 11.5 Å². The van der Waals surface area contributed by atoms with Gasteiger partial charge in [-0.25, -0.2) is 0 Å². The van der Waals surface area contributed by atoms with Crippen LogP contribution in [-0.4, -0.2) is 18.7 Å². The number of hydrogen-bond donors (Lipinski definition) is 1. The second-order valence-corrected chi connectivity index (χ2v) is 8.96. The molecule has 0 aromatic heterocycles. The molecule has 1 N–H and O–H groups in total. The predicted molar refractivity (Wildman–Crippen MR) is 94.5 cm³/mol. The highest BCUT2D eigenvalue weighted by Crippen LogP contribution is 2.60. The van der Waals surface area contributed by atoms with E-state index in [-0.39, 0.29) is 11.5 Å². The molecule has 0 radical (unpaired) electrons. The number of hydrogen-bond acceptors (Lipinski definition) is 3. The molecule has 5 aliphatic rings. The minimum Gasteiger partial charge on any atom is -0.454 e. The van der Waals surface area contributed by atoms with Gasteiger partial charge in [0.15, 0.2) is 11.5 Å². The Morgan fingerprint density at radius 3 is 2.44 bits per heavy atom. The van der Waals surface area contributed by atoms with E-state index < -0.39 is 0 Å². The van der Waals surface area contributed by atoms with Crippen LogP contribution >= 0.6 is 0 Å². The van der Waals surface area contributed by atoms with Crippen molar-refractivity contribution < 1.29 is 14.3 Å². The number of ether oxygens (including phenoxy) is 2. The maximum atomic E-state index is 13.1. The van der Waals surface area contributed by atoms with Crippen molar-refractivity contribution in [3.05, 3.63) is 23.8 Å². The average Bonchev–Trinajstić information content (AvgIpc) is 3.01. The number of benzene rings is 1. The zero-order valence-corrected chi connectivity index (χ0v) is 14.9. The van der Waals surface area contributed by atoms with Gasteiger partial charge in [0.2, 0.25) is 12.7 Å². The summed E-state index contributed by atoms with van der Waals surface area (Å²) in [6.07, 6.45) is 8.33. The van der Waals surface area contributed by atoms with Gasteiger partial charge in [0.1, 0.15) is 0 Å². The summed E-state index contributed by atoms with van der Waals surface area (Å²) >= 11 is 0. The fourth-order valence-electron chi connectivity index (χ4n) is 6.24. The number of fused-ring (bicyclic) bond motifs is 1. The fourth-order valence-corrected chi connectivity index (χ4v) is 6.24. The molecule has 4 nitrogen and oxygen atoms in total. The average molecular weight is 341 g/mol. The van der Waals surface area contributed by atoms with E-state index in [1.165, 1.54) is 24.8 Å². The molecular formula is C21H27NO3. The van der Waals surface area contributed by atoms with Crippen molar-refractivity contribution in [3.8, 4) is 11.5 Å². The quantitative estimate of drug-likeness (QED) is 0.909. The maximum Gasteiger partial charge on any atom is 0.231 e. The van der Waals surface area contributed by atoms with E-state index >= 15 is 0 Å². The van der Waals surface area contributed by atoms with Crippen LogP contribution in [0.25, 0.3) is 0 Å². The first kappa shape index (κ1) is 15.5. The lowest BCUT2D eigenvalue weighted by Crippen LogP contribution is -2.55. The highest BCUT2D eigenvalue weighted by Gasteiger charge is 2.54. The molecule has 0 unspecified atom stereocenters. The Morgan fingerprint density at radius 1 is 1.12 bits per heavy atom. The second-order valence-electron chi connectivity index (χ2n) is 8.96. The van der Waals surface area contributed by atoms with Gasteiger partial charge in [0.05, 0.1) is 0 Å². The smallest absolute Gasteiger partial charge is 0.231 e. The summed E-state index contributed by atoms with van der Waals surface area (Å²) in [5.41, 5.74) is 1.13. The monoisotopic (exact) mass is 341 g/mol. The van der Waals surface area contributed by atoms with Crippen molar-refractivity contribution >= 4 is 5.91 Å². The Kier molecular flexibility index (Phi) is 3.51. The third-order valence-corrected chi connectivity index (χ3v) is 6.88. The molecule has 1 atom stereocenters. The topological polar surface area (TPSA) is 47.6 Å². The van der Waals surface area contributed by atoms with Crippen LogP contribution in [0.2, 0.25) is 0 Å². The number of carbonyl (C=O) groups is 1. The first-order valence-electron chi connectivity index (χ1n) is 9.79. The van der Waals surface area contributed by atoms with E-state index in [0.717, 1.165) is 54.9 Å². The predicted octanol–water partition coefficient (Wildman–Crippen LogP) is 3.68. The molecule has 4 bridgehead atoms. The van der Waals surface area contributed by atoms with E-state index in [1.54, 1.807) is 0 Å². The SMILES string of the molecule is C[C@H](Cc1ccc2c(c1)OCO2)NC(=O)C12CC3CC(CC(C3)C1)C2. The number of nitrogens with one attached hydrogen (secondary N) is 1. The normalized spacial score (nSPS) is 35.6. The molecule has 25 heavy (non-hydrogen) atoms. The van der Waals surface area contributed by atoms with Gasteiger partial charge in [-0.15, -0.1) is 0 Å². The standard InChI is InChI=1S/C21H27NO3/c1-13(4-14-2-3-18-19(8-14)25-12-24-18)22-20(23)21-9-15-5-16(10-21)7-17(6-15)11-21/h2-3,8,13,15-17H,4-7,9-12H2,1H3,(H,22,23)/t13-,15?,16?,17?,21?/m1/s1. The van der Waals surface area contributed by atoms with E-state index in [4.69, 9.17) is 9.47 Å². The number of rotatable bonds is 4. The Hall–Kier alpha value is -1.71. The third kappa shape index (κ3) is 2.70. The molecule has 0 spiro atoms. The van der Waals surface area contributed by atoms with Crippen molar-refractivity contribution in [2.45, 2.75) is 57.9 Å². The highest BCUT2D eigenvalue weighted by molar-refractivity contribution is 5.83. The Balaban J connectivity index is 1.25. The van der Waals surface area contributed by atoms with Gasteiger partial charge in [-0.3, -0.25) is 4.79 Å². The van der Waals surface area contributed by atoms with Gasteiger partial charge in [0.25, 0.3) is 0 Å². The molecule has 4 saturated carbocycles. The summed E-state index contributed by atoms with van der Waals surface area (Å²) in [6, 6.07) is 6.21. The molecule has 1 heterocycles. The summed E-state index contributed by atoms with van der Waals surface area (Å²) in [4.78, 5) is 13.1. The molecular weight excluding hydrogens is 314 g/mol. The molecule has 4 fully saturated rings. The molecule has 1 aliphatic heterocycles. The molecule has 0 saturated heterocycles. The van der Waals surface area contributed by atoms with Gasteiger partial charge in [-0.1, -0.05) is 6.07 Å². The summed E-state index contributed by atoms with van der Waals surface area (Å²) in [7, 11) is 0. The van der Waals surface area contributed by atoms with Crippen molar-refractivity contribution in [2.24, 2.45) is 23.2 Å². The van der Waals surface area contributed by atoms with Crippen LogP contribution in [0, 0.1) is 23.2 Å². The van der Waals surface area contributed by atoms with Crippen LogP contribution in [0.1, 0.15) is 51.0 Å². The largest absolute Gasteiger partial charge is 0.454 e. The zero-order valence-electron chi connectivity index (χ0n) is 14.9. The van der Waals surface area contributed by atoms with Crippen LogP contribution in [0.15, 0.2) is 18.2 Å². The van der Waals surface area contributed by atoms with Gasteiger partial charge in [-0.05, 0) is 87.3 Å². The van der Waals surface area contributed by atoms with Crippen molar-refractivity contribution in [2.75, 3.05) is 6.79 Å². The minimum absolute atomic E-state index is 0.0576. The number of amides is 1. The Morgan fingerprint density at radius 2 is 1.76 bits per heavy atom. The minimum atomic E-state index is -0.0576. The number of carbonyl (C=O) groups excluding carboxylic acids is 1. The summed E-state index contributed by atoms with van der Waals surface area (Å²) in [5.74, 6) is 4.37. The van der Waals surface area contributed by atoms with E-state index in [2.05, 4.69) is 18.3 Å². The lowest BCUT2D eigenvalue weighted by Gasteiger charge is -2.55. The van der Waals surface area contributed by atoms with E-state index in [1.807, 2.05) is 12.1 Å². The molecule has 1 aromatic carbocycles. The highest BCUT2D eigenvalue weighted by atomic mass is 16.7. The summed E-state index contributed by atoms with van der Waals surface area (Å²) in [6.45, 7) is 2.42.